The summed E-state index contributed by atoms with van der Waals surface area (Å²) in [5.41, 5.74) is 1.63. The fourth-order valence-electron chi connectivity index (χ4n) is 4.25. The largest absolute Gasteiger partial charge is 0.490 e. The van der Waals surface area contributed by atoms with Gasteiger partial charge in [-0.1, -0.05) is 12.1 Å². The van der Waals surface area contributed by atoms with Crippen LogP contribution >= 0.6 is 0 Å². The Hall–Kier alpha value is -2.61. The molecule has 1 N–H and O–H groups in total. The normalized spacial score (nSPS) is 20.5. The Kier molecular flexibility index (Phi) is 5.22. The summed E-state index contributed by atoms with van der Waals surface area (Å²) in [7, 11) is -3.47. The summed E-state index contributed by atoms with van der Waals surface area (Å²) >= 11 is 0. The number of fused-ring (bicyclic) bond motifs is 3. The zero-order chi connectivity index (χ0) is 21.6. The first kappa shape index (κ1) is 20.7. The summed E-state index contributed by atoms with van der Waals surface area (Å²) in [6.07, 6.45) is 1.62. The average molecular weight is 433 g/mol. The van der Waals surface area contributed by atoms with Gasteiger partial charge in [0, 0.05) is 31.3 Å². The lowest BCUT2D eigenvalue weighted by Crippen LogP contribution is -2.45. The molecule has 1 saturated heterocycles. The Bertz CT molecular complexity index is 1100. The van der Waals surface area contributed by atoms with Crippen molar-refractivity contribution < 1.29 is 22.3 Å². The second kappa shape index (κ2) is 7.58. The molecular weight excluding hydrogens is 407 g/mol. The molecule has 0 spiro atoms. The Morgan fingerprint density at radius 2 is 2.03 bits per heavy atom. The van der Waals surface area contributed by atoms with E-state index in [4.69, 9.17) is 4.74 Å². The van der Waals surface area contributed by atoms with Crippen molar-refractivity contribution in [2.75, 3.05) is 24.7 Å². The van der Waals surface area contributed by atoms with Crippen LogP contribution in [-0.2, 0) is 9.84 Å². The Morgan fingerprint density at radius 1 is 1.27 bits per heavy atom. The molecule has 2 aliphatic heterocycles. The molecule has 6 nitrogen and oxygen atoms in total. The molecule has 2 atom stereocenters. The van der Waals surface area contributed by atoms with Crippen molar-refractivity contribution in [2.45, 2.75) is 43.2 Å². The number of piperidine rings is 1. The summed E-state index contributed by atoms with van der Waals surface area (Å²) in [6.45, 7) is 4.61. The number of para-hydroxylation sites is 1. The van der Waals surface area contributed by atoms with Crippen LogP contribution in [0, 0.1) is 5.82 Å². The lowest BCUT2D eigenvalue weighted by molar-refractivity contribution is 0.0697. The molecule has 30 heavy (non-hydrogen) atoms. The summed E-state index contributed by atoms with van der Waals surface area (Å²) < 4.78 is 44.0. The third-order valence-corrected chi connectivity index (χ3v) is 6.76. The van der Waals surface area contributed by atoms with Gasteiger partial charge in [-0.25, -0.2) is 12.8 Å². The summed E-state index contributed by atoms with van der Waals surface area (Å²) in [5.74, 6) is -0.214. The van der Waals surface area contributed by atoms with Crippen LogP contribution < -0.4 is 10.1 Å². The molecule has 2 aliphatic rings. The number of anilines is 1. The molecule has 2 aromatic carbocycles. The Morgan fingerprint density at radius 3 is 2.73 bits per heavy atom. The highest BCUT2D eigenvalue weighted by atomic mass is 32.2. The van der Waals surface area contributed by atoms with Crippen molar-refractivity contribution >= 4 is 21.4 Å². The van der Waals surface area contributed by atoms with Crippen molar-refractivity contribution in [3.05, 3.63) is 53.3 Å². The number of hydrogen-bond acceptors (Lipinski definition) is 5. The minimum atomic E-state index is -3.47. The number of carbonyl (C=O) groups excluding carboxylic acids is 1. The van der Waals surface area contributed by atoms with E-state index in [2.05, 4.69) is 5.32 Å². The predicted molar refractivity (Wildman–Crippen MR) is 112 cm³/mol. The molecule has 1 fully saturated rings. The minimum absolute atomic E-state index is 0.0130. The molecule has 2 heterocycles. The fraction of sp³-hybridized carbons (Fsp3) is 0.409. The number of likely N-dealkylation sites (tertiary alicyclic amines) is 1. The van der Waals surface area contributed by atoms with E-state index in [9.17, 15) is 17.6 Å². The van der Waals surface area contributed by atoms with Crippen LogP contribution in [0.4, 0.5) is 10.1 Å². The van der Waals surface area contributed by atoms with Crippen LogP contribution in [0.2, 0.25) is 0 Å². The Labute approximate surface area is 176 Å². The predicted octanol–water partition coefficient (Wildman–Crippen LogP) is 3.44. The van der Waals surface area contributed by atoms with Crippen molar-refractivity contribution in [2.24, 2.45) is 0 Å². The highest BCUT2D eigenvalue weighted by Crippen LogP contribution is 2.41. The van der Waals surface area contributed by atoms with Gasteiger partial charge in [0.25, 0.3) is 5.91 Å². The van der Waals surface area contributed by atoms with Crippen LogP contribution in [0.25, 0.3) is 0 Å². The van der Waals surface area contributed by atoms with Crippen molar-refractivity contribution in [1.82, 2.24) is 4.90 Å². The molecule has 0 bridgehead atoms. The maximum atomic E-state index is 14.2. The number of sulfone groups is 1. The average Bonchev–Trinajstić information content (AvgIpc) is 3.06. The van der Waals surface area contributed by atoms with Crippen LogP contribution in [-0.4, -0.2) is 50.7 Å². The van der Waals surface area contributed by atoms with E-state index in [0.717, 1.165) is 11.8 Å². The van der Waals surface area contributed by atoms with Crippen molar-refractivity contribution in [1.29, 1.82) is 0 Å². The quantitative estimate of drug-likeness (QED) is 0.801. The Balaban J connectivity index is 1.66. The molecule has 0 saturated carbocycles. The molecule has 0 radical (unpaired) electrons. The van der Waals surface area contributed by atoms with Gasteiger partial charge in [0.05, 0.1) is 22.3 Å². The molecule has 0 aromatic heterocycles. The third kappa shape index (κ3) is 3.76. The summed E-state index contributed by atoms with van der Waals surface area (Å²) in [6, 6.07) is 9.47. The number of carbonyl (C=O) groups is 1. The number of benzene rings is 2. The third-order valence-electron chi connectivity index (χ3n) is 5.65. The van der Waals surface area contributed by atoms with Crippen molar-refractivity contribution in [3.63, 3.8) is 0 Å². The number of nitrogens with zero attached hydrogens (tertiary/aromatic N) is 1. The highest BCUT2D eigenvalue weighted by Gasteiger charge is 2.39. The number of amides is 1. The molecule has 0 aliphatic carbocycles. The summed E-state index contributed by atoms with van der Waals surface area (Å²) in [5, 5.41) is 3.25. The van der Waals surface area contributed by atoms with E-state index >= 15 is 0 Å². The highest BCUT2D eigenvalue weighted by molar-refractivity contribution is 7.90. The smallest absolute Gasteiger partial charge is 0.257 e. The number of halogens is 1. The molecule has 8 heteroatoms. The lowest BCUT2D eigenvalue weighted by atomic mass is 9.89. The minimum Gasteiger partial charge on any atom is -0.490 e. The second-order valence-corrected chi connectivity index (χ2v) is 10.2. The van der Waals surface area contributed by atoms with Gasteiger partial charge in [0.15, 0.2) is 9.84 Å². The lowest BCUT2D eigenvalue weighted by Gasteiger charge is -2.35. The van der Waals surface area contributed by atoms with E-state index in [0.29, 0.717) is 30.9 Å². The fourth-order valence-corrected chi connectivity index (χ4v) is 4.89. The van der Waals surface area contributed by atoms with Crippen LogP contribution in [0.15, 0.2) is 41.3 Å². The molecular formula is C22H25FN2O4S. The second-order valence-electron chi connectivity index (χ2n) is 8.20. The van der Waals surface area contributed by atoms with E-state index < -0.39 is 9.84 Å². The van der Waals surface area contributed by atoms with Gasteiger partial charge in [0.2, 0.25) is 0 Å². The first-order chi connectivity index (χ1) is 14.1. The zero-order valence-corrected chi connectivity index (χ0v) is 18.0. The topological polar surface area (TPSA) is 75.7 Å². The van der Waals surface area contributed by atoms with Crippen LogP contribution in [0.3, 0.4) is 0 Å². The summed E-state index contributed by atoms with van der Waals surface area (Å²) in [4.78, 5) is 15.2. The van der Waals surface area contributed by atoms with E-state index in [1.807, 2.05) is 19.9 Å². The SMILES string of the molecule is CC(C)Oc1ccc(S(C)(=O)=O)cc1C(=O)N1CCC2Nc3c(F)cccc3C2C1. The zero-order valence-electron chi connectivity index (χ0n) is 17.2. The van der Waals surface area contributed by atoms with Gasteiger partial charge >= 0.3 is 0 Å². The van der Waals surface area contributed by atoms with E-state index in [1.54, 1.807) is 11.0 Å². The van der Waals surface area contributed by atoms with Gasteiger partial charge in [-0.3, -0.25) is 4.79 Å². The van der Waals surface area contributed by atoms with Crippen LogP contribution in [0.5, 0.6) is 5.75 Å². The number of nitrogens with one attached hydrogen (secondary N) is 1. The van der Waals surface area contributed by atoms with Gasteiger partial charge in [-0.15, -0.1) is 0 Å². The number of rotatable bonds is 4. The first-order valence-electron chi connectivity index (χ1n) is 10.00. The van der Waals surface area contributed by atoms with Crippen LogP contribution in [0.1, 0.15) is 42.1 Å². The standard InChI is InChI=1S/C22H25FN2O4S/c1-13(2)29-20-8-7-14(30(3,27)28)11-16(20)22(26)25-10-9-19-17(12-25)15-5-4-6-18(23)21(15)24-19/h4-8,11,13,17,19,24H,9-10,12H2,1-3H3. The van der Waals surface area contributed by atoms with Gasteiger partial charge < -0.3 is 15.0 Å². The first-order valence-corrected chi connectivity index (χ1v) is 11.9. The molecule has 2 unspecified atom stereocenters. The molecule has 4 rings (SSSR count). The van der Waals surface area contributed by atoms with Gasteiger partial charge in [-0.2, -0.15) is 0 Å². The van der Waals surface area contributed by atoms with Crippen molar-refractivity contribution in [3.8, 4) is 5.75 Å². The van der Waals surface area contributed by atoms with Gasteiger partial charge in [0.1, 0.15) is 11.6 Å². The maximum absolute atomic E-state index is 14.2. The molecule has 2 aromatic rings. The maximum Gasteiger partial charge on any atom is 0.257 e. The van der Waals surface area contributed by atoms with E-state index in [1.165, 1.54) is 24.3 Å². The molecule has 160 valence electrons. The monoisotopic (exact) mass is 432 g/mol. The van der Waals surface area contributed by atoms with E-state index in [-0.39, 0.29) is 40.2 Å². The molecule has 1 amide bonds. The number of ether oxygens (including phenoxy) is 1. The van der Waals surface area contributed by atoms with Gasteiger partial charge in [-0.05, 0) is 50.1 Å². The number of hydrogen-bond donors (Lipinski definition) is 1.